The highest BCUT2D eigenvalue weighted by Crippen LogP contribution is 2.24. The summed E-state index contributed by atoms with van der Waals surface area (Å²) >= 11 is 0. The highest BCUT2D eigenvalue weighted by atomic mass is 16.7. The number of fused-ring (bicyclic) bond motifs is 1. The molecule has 2 aromatic carbocycles. The first-order chi connectivity index (χ1) is 14.2. The number of aromatic nitrogens is 1. The number of hydrogen-bond acceptors (Lipinski definition) is 6. The molecule has 1 unspecified atom stereocenters. The van der Waals surface area contributed by atoms with E-state index in [-0.39, 0.29) is 6.10 Å². The second-order valence-electron chi connectivity index (χ2n) is 6.98. The predicted molar refractivity (Wildman–Crippen MR) is 111 cm³/mol. The molecule has 0 radical (unpaired) electrons. The van der Waals surface area contributed by atoms with E-state index in [4.69, 9.17) is 19.0 Å². The van der Waals surface area contributed by atoms with Crippen LogP contribution >= 0.6 is 0 Å². The third-order valence-electron chi connectivity index (χ3n) is 4.97. The summed E-state index contributed by atoms with van der Waals surface area (Å²) in [6.07, 6.45) is -0.0360. The second kappa shape index (κ2) is 8.59. The van der Waals surface area contributed by atoms with Gasteiger partial charge >= 0.3 is 0 Å². The van der Waals surface area contributed by atoms with Crippen LogP contribution in [-0.4, -0.2) is 37.3 Å². The average molecular weight is 392 g/mol. The largest absolute Gasteiger partial charge is 0.489 e. The lowest BCUT2D eigenvalue weighted by Gasteiger charge is -2.17. The van der Waals surface area contributed by atoms with Crippen LogP contribution in [0.25, 0.3) is 10.9 Å². The van der Waals surface area contributed by atoms with Crippen molar-refractivity contribution >= 4 is 16.6 Å². The number of rotatable bonds is 7. The molecule has 0 aliphatic carbocycles. The Hall–Kier alpha value is -2.96. The van der Waals surface area contributed by atoms with E-state index in [0.717, 1.165) is 39.2 Å². The van der Waals surface area contributed by atoms with Gasteiger partial charge in [0.25, 0.3) is 0 Å². The topological polar surface area (TPSA) is 62.2 Å². The number of methoxy groups -OCH3 is 2. The summed E-state index contributed by atoms with van der Waals surface area (Å²) in [6.45, 7) is 2.48. The van der Waals surface area contributed by atoms with Gasteiger partial charge in [-0.25, -0.2) is 0 Å². The summed E-state index contributed by atoms with van der Waals surface area (Å²) in [7, 11) is 3.18. The van der Waals surface area contributed by atoms with Crippen LogP contribution in [0.15, 0.2) is 59.8 Å². The van der Waals surface area contributed by atoms with Gasteiger partial charge in [-0.15, -0.1) is 0 Å². The second-order valence-corrected chi connectivity index (χ2v) is 6.98. The standard InChI is InChI=1S/C23H24N2O4/c1-15-12-17(19-6-4-5-7-20(19)24-15)14-28-18-10-8-16(9-11-18)21-13-22(29-25-21)23(26-2)27-3/h4-12,22-23H,13-14H2,1-3H3. The first-order valence-electron chi connectivity index (χ1n) is 9.54. The van der Waals surface area contributed by atoms with Gasteiger partial charge in [0, 0.05) is 37.3 Å². The third kappa shape index (κ3) is 4.23. The van der Waals surface area contributed by atoms with Crippen LogP contribution in [0.3, 0.4) is 0 Å². The van der Waals surface area contributed by atoms with Gasteiger partial charge in [-0.05, 0) is 48.9 Å². The normalized spacial score (nSPS) is 16.1. The molecule has 1 aliphatic heterocycles. The minimum atomic E-state index is -0.433. The van der Waals surface area contributed by atoms with Crippen molar-refractivity contribution in [3.05, 3.63) is 71.4 Å². The Morgan fingerprint density at radius 1 is 1.07 bits per heavy atom. The van der Waals surface area contributed by atoms with Gasteiger partial charge in [0.15, 0.2) is 12.4 Å². The van der Waals surface area contributed by atoms with Crippen LogP contribution in [0.2, 0.25) is 0 Å². The van der Waals surface area contributed by atoms with Crippen molar-refractivity contribution < 1.29 is 19.0 Å². The number of benzene rings is 2. The zero-order chi connectivity index (χ0) is 20.2. The molecule has 6 nitrogen and oxygen atoms in total. The van der Waals surface area contributed by atoms with E-state index >= 15 is 0 Å². The summed E-state index contributed by atoms with van der Waals surface area (Å²) in [5.74, 6) is 0.801. The molecule has 0 saturated carbocycles. The zero-order valence-electron chi connectivity index (χ0n) is 16.8. The van der Waals surface area contributed by atoms with Crippen molar-refractivity contribution in [3.63, 3.8) is 0 Å². The van der Waals surface area contributed by atoms with E-state index in [0.29, 0.717) is 13.0 Å². The SMILES string of the molecule is COC(OC)C1CC(c2ccc(OCc3cc(C)nc4ccccc34)cc2)=NO1. The van der Waals surface area contributed by atoms with Crippen molar-refractivity contribution in [1.82, 2.24) is 4.98 Å². The lowest BCUT2D eigenvalue weighted by molar-refractivity contribution is -0.172. The maximum atomic E-state index is 6.03. The molecule has 0 fully saturated rings. The molecule has 0 N–H and O–H groups in total. The van der Waals surface area contributed by atoms with Gasteiger partial charge in [0.2, 0.25) is 0 Å². The van der Waals surface area contributed by atoms with Crippen molar-refractivity contribution in [3.8, 4) is 5.75 Å². The van der Waals surface area contributed by atoms with Crippen molar-refractivity contribution in [2.45, 2.75) is 32.3 Å². The number of para-hydroxylation sites is 1. The maximum Gasteiger partial charge on any atom is 0.197 e. The Morgan fingerprint density at radius 3 is 2.59 bits per heavy atom. The van der Waals surface area contributed by atoms with E-state index in [2.05, 4.69) is 22.3 Å². The number of hydrogen-bond donors (Lipinski definition) is 0. The average Bonchev–Trinajstić information content (AvgIpc) is 3.23. The van der Waals surface area contributed by atoms with Crippen LogP contribution in [0, 0.1) is 6.92 Å². The number of ether oxygens (including phenoxy) is 3. The fourth-order valence-electron chi connectivity index (χ4n) is 3.53. The maximum absolute atomic E-state index is 6.03. The van der Waals surface area contributed by atoms with Gasteiger partial charge in [-0.2, -0.15) is 0 Å². The predicted octanol–water partition coefficient (Wildman–Crippen LogP) is 4.23. The smallest absolute Gasteiger partial charge is 0.197 e. The summed E-state index contributed by atoms with van der Waals surface area (Å²) in [6, 6.07) is 18.1. The highest BCUT2D eigenvalue weighted by molar-refractivity contribution is 6.01. The molecule has 0 spiro atoms. The van der Waals surface area contributed by atoms with E-state index in [1.54, 1.807) is 14.2 Å². The quantitative estimate of drug-likeness (QED) is 0.563. The van der Waals surface area contributed by atoms with Gasteiger partial charge in [-0.1, -0.05) is 23.4 Å². The summed E-state index contributed by atoms with van der Waals surface area (Å²) < 4.78 is 16.5. The highest BCUT2D eigenvalue weighted by Gasteiger charge is 2.30. The molecule has 6 heteroatoms. The fraction of sp³-hybridized carbons (Fsp3) is 0.304. The molecular formula is C23H24N2O4. The van der Waals surface area contributed by atoms with E-state index in [1.165, 1.54) is 0 Å². The third-order valence-corrected chi connectivity index (χ3v) is 4.97. The van der Waals surface area contributed by atoms with E-state index < -0.39 is 6.29 Å². The Bertz CT molecular complexity index is 1010. The molecule has 4 rings (SSSR count). The van der Waals surface area contributed by atoms with Crippen molar-refractivity contribution in [2.75, 3.05) is 14.2 Å². The lowest BCUT2D eigenvalue weighted by Crippen LogP contribution is -2.30. The molecule has 2 heterocycles. The molecule has 1 aliphatic rings. The van der Waals surface area contributed by atoms with Crippen molar-refractivity contribution in [2.24, 2.45) is 5.16 Å². The molecule has 1 atom stereocenters. The van der Waals surface area contributed by atoms with Gasteiger partial charge in [0.1, 0.15) is 12.4 Å². The summed E-state index contributed by atoms with van der Waals surface area (Å²) in [4.78, 5) is 10.0. The molecular weight excluding hydrogens is 368 g/mol. The first kappa shape index (κ1) is 19.4. The molecule has 0 amide bonds. The summed E-state index contributed by atoms with van der Waals surface area (Å²) in [5.41, 5.74) is 4.96. The molecule has 3 aromatic rings. The molecule has 29 heavy (non-hydrogen) atoms. The van der Waals surface area contributed by atoms with E-state index in [1.807, 2.05) is 49.4 Å². The van der Waals surface area contributed by atoms with Gasteiger partial charge < -0.3 is 19.0 Å². The van der Waals surface area contributed by atoms with Gasteiger partial charge in [-0.3, -0.25) is 4.98 Å². The number of aryl methyl sites for hydroxylation is 1. The van der Waals surface area contributed by atoms with Crippen LogP contribution in [0.5, 0.6) is 5.75 Å². The monoisotopic (exact) mass is 392 g/mol. The lowest BCUT2D eigenvalue weighted by atomic mass is 10.0. The number of oxime groups is 1. The van der Waals surface area contributed by atoms with Crippen LogP contribution < -0.4 is 4.74 Å². The first-order valence-corrected chi connectivity index (χ1v) is 9.54. The molecule has 0 bridgehead atoms. The van der Waals surface area contributed by atoms with Crippen LogP contribution in [0.1, 0.15) is 23.2 Å². The Kier molecular flexibility index (Phi) is 5.74. The van der Waals surface area contributed by atoms with Gasteiger partial charge in [0.05, 0.1) is 11.2 Å². The van der Waals surface area contributed by atoms with E-state index in [9.17, 15) is 0 Å². The minimum absolute atomic E-state index is 0.237. The zero-order valence-corrected chi connectivity index (χ0v) is 16.8. The van der Waals surface area contributed by atoms with Crippen LogP contribution in [0.4, 0.5) is 0 Å². The number of pyridine rings is 1. The molecule has 0 saturated heterocycles. The fourth-order valence-corrected chi connectivity index (χ4v) is 3.53. The Morgan fingerprint density at radius 2 is 1.83 bits per heavy atom. The molecule has 1 aromatic heterocycles. The summed E-state index contributed by atoms with van der Waals surface area (Å²) in [5, 5.41) is 5.30. The van der Waals surface area contributed by atoms with Crippen molar-refractivity contribution in [1.29, 1.82) is 0 Å². The Labute approximate surface area is 170 Å². The number of nitrogens with zero attached hydrogens (tertiary/aromatic N) is 2. The molecule has 150 valence electrons. The van der Waals surface area contributed by atoms with Crippen LogP contribution in [-0.2, 0) is 20.9 Å². The Balaban J connectivity index is 1.42. The minimum Gasteiger partial charge on any atom is -0.489 e.